The molecule has 0 spiro atoms. The molecule has 2 N–H and O–H groups in total. The van der Waals surface area contributed by atoms with Crippen LogP contribution in [0.4, 0.5) is 8.78 Å². The minimum atomic E-state index is -2.94. The summed E-state index contributed by atoms with van der Waals surface area (Å²) in [5.41, 5.74) is 4.67. The molecule has 1 fully saturated rings. The summed E-state index contributed by atoms with van der Waals surface area (Å²) >= 11 is 1.73. The second-order valence-electron chi connectivity index (χ2n) is 2.56. The van der Waals surface area contributed by atoms with Gasteiger partial charge in [0.15, 0.2) is 0 Å². The highest BCUT2D eigenvalue weighted by Gasteiger charge is 2.35. The maximum Gasteiger partial charge on any atom is 0.302 e. The van der Waals surface area contributed by atoms with Crippen molar-refractivity contribution >= 4 is 11.8 Å². The molecule has 1 rings (SSSR count). The van der Waals surface area contributed by atoms with Crippen LogP contribution in [-0.4, -0.2) is 17.6 Å². The minimum absolute atomic E-state index is 0.564. The summed E-state index contributed by atoms with van der Waals surface area (Å²) in [4.78, 5) is 0. The van der Waals surface area contributed by atoms with E-state index in [-0.39, 0.29) is 0 Å². The molecule has 0 radical (unpaired) electrons. The van der Waals surface area contributed by atoms with Gasteiger partial charge in [-0.05, 0) is 24.3 Å². The molecule has 0 amide bonds. The molecule has 1 aliphatic heterocycles. The highest BCUT2D eigenvalue weighted by atomic mass is 32.2. The Bertz CT molecular complexity index is 107. The molecule has 1 aliphatic rings. The highest BCUT2D eigenvalue weighted by Crippen LogP contribution is 2.31. The van der Waals surface area contributed by atoms with E-state index in [9.17, 15) is 8.78 Å². The quantitative estimate of drug-likeness (QED) is 0.601. The lowest BCUT2D eigenvalue weighted by Crippen LogP contribution is -2.39. The van der Waals surface area contributed by atoms with Gasteiger partial charge in [0.05, 0.1) is 0 Å². The lowest BCUT2D eigenvalue weighted by molar-refractivity contribution is -0.0548. The molecule has 0 aliphatic carbocycles. The molecular formula is C6H11F2NS. The Hall–Kier alpha value is 0.170. The van der Waals surface area contributed by atoms with Crippen molar-refractivity contribution in [2.24, 2.45) is 11.7 Å². The third-order valence-corrected chi connectivity index (χ3v) is 2.81. The first-order valence-corrected chi connectivity index (χ1v) is 4.50. The van der Waals surface area contributed by atoms with E-state index in [0.29, 0.717) is 12.8 Å². The zero-order valence-electron chi connectivity index (χ0n) is 5.65. The third-order valence-electron chi connectivity index (χ3n) is 1.77. The molecule has 0 bridgehead atoms. The summed E-state index contributed by atoms with van der Waals surface area (Å²) in [6, 6.07) is -2.94. The van der Waals surface area contributed by atoms with Crippen LogP contribution in [0.3, 0.4) is 0 Å². The molecule has 1 saturated heterocycles. The fourth-order valence-electron chi connectivity index (χ4n) is 1.08. The van der Waals surface area contributed by atoms with Gasteiger partial charge in [-0.3, -0.25) is 5.73 Å². The van der Waals surface area contributed by atoms with Crippen molar-refractivity contribution in [3.63, 3.8) is 0 Å². The molecule has 1 heterocycles. The molecule has 0 saturated carbocycles. The van der Waals surface area contributed by atoms with Crippen LogP contribution in [0.25, 0.3) is 0 Å². The van der Waals surface area contributed by atoms with Crippen molar-refractivity contribution in [1.82, 2.24) is 0 Å². The zero-order chi connectivity index (χ0) is 7.61. The van der Waals surface area contributed by atoms with Gasteiger partial charge in [-0.2, -0.15) is 20.5 Å². The summed E-state index contributed by atoms with van der Waals surface area (Å²) in [7, 11) is 0. The number of hydrogen-bond donors (Lipinski definition) is 1. The smallest absolute Gasteiger partial charge is 0.272 e. The first-order chi connectivity index (χ1) is 4.61. The topological polar surface area (TPSA) is 26.0 Å². The van der Waals surface area contributed by atoms with E-state index in [1.165, 1.54) is 0 Å². The number of halogens is 2. The second kappa shape index (κ2) is 3.05. The fraction of sp³-hybridized carbons (Fsp3) is 1.00. The molecule has 10 heavy (non-hydrogen) atoms. The van der Waals surface area contributed by atoms with Gasteiger partial charge < -0.3 is 0 Å². The van der Waals surface area contributed by atoms with Crippen molar-refractivity contribution in [2.45, 2.75) is 18.9 Å². The van der Waals surface area contributed by atoms with Crippen LogP contribution in [0.1, 0.15) is 12.8 Å². The molecule has 0 unspecified atom stereocenters. The summed E-state index contributed by atoms with van der Waals surface area (Å²) in [6.07, 6.45) is 1.13. The Morgan fingerprint density at radius 2 is 1.80 bits per heavy atom. The maximum atomic E-state index is 12.4. The monoisotopic (exact) mass is 167 g/mol. The maximum absolute atomic E-state index is 12.4. The van der Waals surface area contributed by atoms with E-state index in [4.69, 9.17) is 0 Å². The SMILES string of the molecule is NC(F)(F)C1CCSCC1. The van der Waals surface area contributed by atoms with Gasteiger partial charge in [0.25, 0.3) is 0 Å². The summed E-state index contributed by atoms with van der Waals surface area (Å²) in [6.45, 7) is 0. The highest BCUT2D eigenvalue weighted by molar-refractivity contribution is 7.99. The summed E-state index contributed by atoms with van der Waals surface area (Å²) < 4.78 is 24.8. The van der Waals surface area contributed by atoms with E-state index in [1.54, 1.807) is 11.8 Å². The molecule has 0 aromatic rings. The van der Waals surface area contributed by atoms with Crippen LogP contribution < -0.4 is 5.73 Å². The van der Waals surface area contributed by atoms with Crippen molar-refractivity contribution in [3.8, 4) is 0 Å². The Morgan fingerprint density at radius 1 is 1.30 bits per heavy atom. The van der Waals surface area contributed by atoms with E-state index in [1.807, 2.05) is 0 Å². The Labute approximate surface area is 63.4 Å². The van der Waals surface area contributed by atoms with Gasteiger partial charge in [-0.25, -0.2) is 0 Å². The number of hydrogen-bond acceptors (Lipinski definition) is 2. The Kier molecular flexibility index (Phi) is 2.52. The van der Waals surface area contributed by atoms with Gasteiger partial charge in [0.1, 0.15) is 0 Å². The molecule has 60 valence electrons. The molecule has 1 nitrogen and oxygen atoms in total. The molecule has 4 heteroatoms. The number of alkyl halides is 2. The normalized spacial score (nSPS) is 23.1. The van der Waals surface area contributed by atoms with Crippen LogP contribution >= 0.6 is 11.8 Å². The average Bonchev–Trinajstić information content (AvgIpc) is 1.88. The standard InChI is InChI=1S/C6H11F2NS/c7-6(8,9)5-1-3-10-4-2-5/h5H,1-4,9H2. The average molecular weight is 167 g/mol. The number of nitrogens with two attached hydrogens (primary N) is 1. The number of thioether (sulfide) groups is 1. The molecule has 0 atom stereocenters. The van der Waals surface area contributed by atoms with E-state index in [2.05, 4.69) is 5.73 Å². The lowest BCUT2D eigenvalue weighted by Gasteiger charge is -2.26. The minimum Gasteiger partial charge on any atom is -0.272 e. The molecule has 0 aromatic carbocycles. The van der Waals surface area contributed by atoms with Gasteiger partial charge in [0.2, 0.25) is 0 Å². The van der Waals surface area contributed by atoms with Crippen LogP contribution in [0.15, 0.2) is 0 Å². The fourth-order valence-corrected chi connectivity index (χ4v) is 2.19. The predicted molar refractivity (Wildman–Crippen MR) is 39.2 cm³/mol. The largest absolute Gasteiger partial charge is 0.302 e. The van der Waals surface area contributed by atoms with Crippen LogP contribution in [0, 0.1) is 5.92 Å². The lowest BCUT2D eigenvalue weighted by atomic mass is 10.0. The van der Waals surface area contributed by atoms with E-state index in [0.717, 1.165) is 11.5 Å². The van der Waals surface area contributed by atoms with Gasteiger partial charge in [0, 0.05) is 5.92 Å². The van der Waals surface area contributed by atoms with Gasteiger partial charge in [-0.15, -0.1) is 0 Å². The third kappa shape index (κ3) is 2.09. The Balaban J connectivity index is 2.39. The molecule has 0 aromatic heterocycles. The van der Waals surface area contributed by atoms with Crippen molar-refractivity contribution in [1.29, 1.82) is 0 Å². The van der Waals surface area contributed by atoms with Crippen molar-refractivity contribution in [3.05, 3.63) is 0 Å². The summed E-state index contributed by atoms with van der Waals surface area (Å²) in [5, 5.41) is 0. The van der Waals surface area contributed by atoms with Crippen molar-refractivity contribution < 1.29 is 8.78 Å². The number of rotatable bonds is 1. The first-order valence-electron chi connectivity index (χ1n) is 3.35. The molecular weight excluding hydrogens is 156 g/mol. The second-order valence-corrected chi connectivity index (χ2v) is 3.79. The van der Waals surface area contributed by atoms with Gasteiger partial charge in [-0.1, -0.05) is 0 Å². The summed E-state index contributed by atoms with van der Waals surface area (Å²) in [5.74, 6) is 1.09. The van der Waals surface area contributed by atoms with Crippen LogP contribution in [0.5, 0.6) is 0 Å². The van der Waals surface area contributed by atoms with E-state index >= 15 is 0 Å². The van der Waals surface area contributed by atoms with Gasteiger partial charge >= 0.3 is 6.05 Å². The van der Waals surface area contributed by atoms with Crippen LogP contribution in [-0.2, 0) is 0 Å². The predicted octanol–water partition coefficient (Wildman–Crippen LogP) is 1.68. The Morgan fingerprint density at radius 3 is 2.10 bits per heavy atom. The first kappa shape index (κ1) is 8.27. The van der Waals surface area contributed by atoms with Crippen molar-refractivity contribution in [2.75, 3.05) is 11.5 Å². The zero-order valence-corrected chi connectivity index (χ0v) is 6.46. The van der Waals surface area contributed by atoms with Crippen LogP contribution in [0.2, 0.25) is 0 Å². The van der Waals surface area contributed by atoms with E-state index < -0.39 is 12.0 Å².